The number of aromatic hydroxyl groups is 1. The van der Waals surface area contributed by atoms with Gasteiger partial charge in [-0.25, -0.2) is 4.57 Å². The lowest BCUT2D eigenvalue weighted by atomic mass is 10.1. The second kappa shape index (κ2) is 13.3. The number of nitrogens with two attached hydrogens (primary N) is 3. The molecule has 1 unspecified atom stereocenters. The third-order valence-corrected chi connectivity index (χ3v) is 3.65. The predicted octanol–water partition coefficient (Wildman–Crippen LogP) is -1.40. The highest BCUT2D eigenvalue weighted by Gasteiger charge is 2.19. The van der Waals surface area contributed by atoms with E-state index in [-0.39, 0.29) is 30.5 Å². The molecule has 1 aromatic rings. The zero-order valence-electron chi connectivity index (χ0n) is 15.5. The number of hydrogen-bond donors (Lipinski definition) is 8. The lowest BCUT2D eigenvalue weighted by Gasteiger charge is -2.14. The van der Waals surface area contributed by atoms with Crippen molar-refractivity contribution < 1.29 is 38.7 Å². The molecule has 0 aromatic heterocycles. The summed E-state index contributed by atoms with van der Waals surface area (Å²) >= 11 is 0. The predicted molar refractivity (Wildman–Crippen MR) is 104 cm³/mol. The van der Waals surface area contributed by atoms with Gasteiger partial charge in [0.05, 0.1) is 6.04 Å². The van der Waals surface area contributed by atoms with Crippen molar-refractivity contribution in [2.45, 2.75) is 25.3 Å². The molecular weight excluding hydrogens is 409 g/mol. The third-order valence-electron chi connectivity index (χ3n) is 3.21. The number of nitrogens with zero attached hydrogens (tertiary/aromatic N) is 1. The van der Waals surface area contributed by atoms with Crippen molar-refractivity contribution in [3.8, 4) is 11.5 Å². The zero-order chi connectivity index (χ0) is 22.4. The van der Waals surface area contributed by atoms with Crippen LogP contribution in [0.15, 0.2) is 23.2 Å². The van der Waals surface area contributed by atoms with E-state index in [2.05, 4.69) is 14.8 Å². The van der Waals surface area contributed by atoms with Crippen LogP contribution in [0.4, 0.5) is 0 Å². The van der Waals surface area contributed by atoms with Crippen LogP contribution in [-0.4, -0.2) is 57.5 Å². The molecule has 1 rings (SSSR count). The summed E-state index contributed by atoms with van der Waals surface area (Å²) in [5, 5.41) is 19.3. The number of phenols is 1. The molecular formula is C15H26N5O8P. The summed E-state index contributed by atoms with van der Waals surface area (Å²) in [6.07, 6.45) is 1.52. The van der Waals surface area contributed by atoms with Crippen molar-refractivity contribution in [3.05, 3.63) is 23.8 Å². The summed E-state index contributed by atoms with van der Waals surface area (Å²) in [5.74, 6) is -1.16. The maximum Gasteiger partial charge on any atom is 0.524 e. The van der Waals surface area contributed by atoms with Crippen molar-refractivity contribution >= 4 is 26.2 Å². The number of hydrogen-bond acceptors (Lipinski definition) is 7. The van der Waals surface area contributed by atoms with Gasteiger partial charge in [0.1, 0.15) is 0 Å². The Morgan fingerprint density at radius 2 is 1.93 bits per heavy atom. The number of carboxylic acid groups (broad SMARTS) is 1. The Kier molecular flexibility index (Phi) is 12.0. The van der Waals surface area contributed by atoms with Gasteiger partial charge in [0.2, 0.25) is 5.91 Å². The van der Waals surface area contributed by atoms with E-state index in [4.69, 9.17) is 36.9 Å². The molecule has 0 aliphatic heterocycles. The van der Waals surface area contributed by atoms with E-state index in [0.29, 0.717) is 31.5 Å². The number of benzene rings is 1. The van der Waals surface area contributed by atoms with Gasteiger partial charge in [0.25, 0.3) is 6.47 Å². The normalized spacial score (nSPS) is 11.4. The summed E-state index contributed by atoms with van der Waals surface area (Å²) in [6, 6.07) is 3.03. The van der Waals surface area contributed by atoms with Crippen LogP contribution in [-0.2, 0) is 20.6 Å². The van der Waals surface area contributed by atoms with Crippen LogP contribution in [0.25, 0.3) is 0 Å². The van der Waals surface area contributed by atoms with Gasteiger partial charge < -0.3 is 37.3 Å². The number of phosphoric acid groups is 1. The van der Waals surface area contributed by atoms with Crippen LogP contribution >= 0.6 is 7.82 Å². The fraction of sp³-hybridized carbons (Fsp3) is 0.400. The maximum absolute atomic E-state index is 11.9. The highest BCUT2D eigenvalue weighted by molar-refractivity contribution is 7.46. The molecule has 1 atom stereocenters. The molecule has 14 heteroatoms. The minimum absolute atomic E-state index is 0.0246. The molecule has 0 heterocycles. The molecule has 11 N–H and O–H groups in total. The molecule has 1 aromatic carbocycles. The number of carbonyl (C=O) groups excluding carboxylic acids is 1. The van der Waals surface area contributed by atoms with Crippen molar-refractivity contribution in [1.82, 2.24) is 5.32 Å². The monoisotopic (exact) mass is 435 g/mol. The van der Waals surface area contributed by atoms with Crippen LogP contribution in [0.3, 0.4) is 0 Å². The molecule has 164 valence electrons. The average Bonchev–Trinajstić information content (AvgIpc) is 2.59. The molecule has 1 amide bonds. The number of carbonyl (C=O) groups is 2. The number of unbranched alkanes of at least 4 members (excludes halogenated alkanes) is 1. The van der Waals surface area contributed by atoms with Gasteiger partial charge in [-0.15, -0.1) is 0 Å². The first-order chi connectivity index (χ1) is 13.5. The van der Waals surface area contributed by atoms with Crippen molar-refractivity contribution in [2.24, 2.45) is 22.2 Å². The Balaban J connectivity index is 0.00000245. The smallest absolute Gasteiger partial charge is 0.504 e. The van der Waals surface area contributed by atoms with Gasteiger partial charge in [-0.1, -0.05) is 6.07 Å². The number of aliphatic imine (C=N–C) groups is 1. The molecule has 0 saturated carbocycles. The second-order valence-corrected chi connectivity index (χ2v) is 6.77. The van der Waals surface area contributed by atoms with E-state index in [1.807, 2.05) is 0 Å². The third kappa shape index (κ3) is 13.0. The lowest BCUT2D eigenvalue weighted by molar-refractivity contribution is -0.123. The zero-order valence-corrected chi connectivity index (χ0v) is 16.4. The van der Waals surface area contributed by atoms with E-state index in [1.165, 1.54) is 18.2 Å². The minimum Gasteiger partial charge on any atom is -0.504 e. The maximum atomic E-state index is 11.9. The van der Waals surface area contributed by atoms with E-state index >= 15 is 0 Å². The highest BCUT2D eigenvalue weighted by Crippen LogP contribution is 2.41. The van der Waals surface area contributed by atoms with Crippen LogP contribution in [0.2, 0.25) is 0 Å². The Hall–Kier alpha value is -2.86. The largest absolute Gasteiger partial charge is 0.524 e. The SMILES string of the molecule is NC(N)=NCCCCNC(=O)C(N)Cc1ccc(OP(=O)(O)O)c(O)c1.O=CO. The van der Waals surface area contributed by atoms with Gasteiger partial charge in [0.15, 0.2) is 17.5 Å². The van der Waals surface area contributed by atoms with E-state index < -0.39 is 19.6 Å². The summed E-state index contributed by atoms with van der Waals surface area (Å²) in [6.45, 7) is 0.652. The molecule has 13 nitrogen and oxygen atoms in total. The molecule has 29 heavy (non-hydrogen) atoms. The van der Waals surface area contributed by atoms with Crippen LogP contribution in [0.5, 0.6) is 11.5 Å². The molecule has 0 aliphatic carbocycles. The van der Waals surface area contributed by atoms with Crippen molar-refractivity contribution in [2.75, 3.05) is 13.1 Å². The quantitative estimate of drug-likeness (QED) is 0.0698. The van der Waals surface area contributed by atoms with E-state index in [0.717, 1.165) is 0 Å². The Labute approximate surface area is 166 Å². The van der Waals surface area contributed by atoms with Gasteiger partial charge in [-0.2, -0.15) is 0 Å². The second-order valence-electron chi connectivity index (χ2n) is 5.60. The number of phosphoric ester groups is 1. The topological polar surface area (TPSA) is 244 Å². The van der Waals surface area contributed by atoms with Gasteiger partial charge in [-0.3, -0.25) is 24.4 Å². The summed E-state index contributed by atoms with van der Waals surface area (Å²) < 4.78 is 15.1. The van der Waals surface area contributed by atoms with Crippen LogP contribution in [0.1, 0.15) is 18.4 Å². The van der Waals surface area contributed by atoms with Crippen molar-refractivity contribution in [3.63, 3.8) is 0 Å². The highest BCUT2D eigenvalue weighted by atomic mass is 31.2. The lowest BCUT2D eigenvalue weighted by Crippen LogP contribution is -2.42. The number of rotatable bonds is 10. The number of phenolic OH excluding ortho intramolecular Hbond substituents is 1. The molecule has 0 aliphatic rings. The van der Waals surface area contributed by atoms with Crippen molar-refractivity contribution in [1.29, 1.82) is 0 Å². The van der Waals surface area contributed by atoms with Crippen LogP contribution in [0, 0.1) is 0 Å². The number of guanidine groups is 1. The number of nitrogens with one attached hydrogen (secondary N) is 1. The van der Waals surface area contributed by atoms with Gasteiger partial charge in [-0.05, 0) is 37.0 Å². The molecule has 0 spiro atoms. The standard InChI is InChI=1S/C14H24N5O6P.CH2O2/c15-10(13(21)18-5-1-2-6-19-14(16)17)7-9-3-4-12(11(20)8-9)25-26(22,23)24;2-1-3/h3-4,8,10,20H,1-2,5-7,15H2,(H,18,21)(H4,16,17,19)(H2,22,23,24);1H,(H,2,3). The summed E-state index contributed by atoms with van der Waals surface area (Å²) in [5.41, 5.74) is 16.7. The van der Waals surface area contributed by atoms with Crippen LogP contribution < -0.4 is 27.0 Å². The fourth-order valence-corrected chi connectivity index (χ4v) is 2.44. The average molecular weight is 435 g/mol. The molecule has 0 bridgehead atoms. The fourth-order valence-electron chi connectivity index (χ4n) is 2.03. The molecule has 0 radical (unpaired) electrons. The molecule has 0 saturated heterocycles. The van der Waals surface area contributed by atoms with Gasteiger partial charge >= 0.3 is 7.82 Å². The number of amides is 1. The first-order valence-corrected chi connectivity index (χ1v) is 9.76. The van der Waals surface area contributed by atoms with E-state index in [9.17, 15) is 14.5 Å². The summed E-state index contributed by atoms with van der Waals surface area (Å²) in [4.78, 5) is 41.6. The Morgan fingerprint density at radius 3 is 2.45 bits per heavy atom. The first kappa shape index (κ1) is 26.1. The van der Waals surface area contributed by atoms with Gasteiger partial charge in [0, 0.05) is 13.1 Å². The van der Waals surface area contributed by atoms with E-state index in [1.54, 1.807) is 0 Å². The first-order valence-electron chi connectivity index (χ1n) is 8.23. The Bertz CT molecular complexity index is 735. The Morgan fingerprint density at radius 1 is 1.31 bits per heavy atom. The minimum atomic E-state index is -4.77. The molecule has 0 fully saturated rings. The summed E-state index contributed by atoms with van der Waals surface area (Å²) in [7, 11) is -4.77.